The van der Waals surface area contributed by atoms with E-state index < -0.39 is 14.9 Å². The van der Waals surface area contributed by atoms with Gasteiger partial charge in [0.15, 0.2) is 5.96 Å². The van der Waals surface area contributed by atoms with E-state index in [0.29, 0.717) is 45.2 Å². The molecule has 1 aliphatic rings. The molecule has 0 radical (unpaired) electrons. The van der Waals surface area contributed by atoms with E-state index in [1.54, 1.807) is 7.05 Å². The highest BCUT2D eigenvalue weighted by Gasteiger charge is 2.28. The molecule has 1 N–H and O–H groups in total. The number of rotatable bonds is 9. The number of nitrogens with zero attached hydrogens (tertiary/aromatic N) is 6. The van der Waals surface area contributed by atoms with Crippen molar-refractivity contribution in [3.63, 3.8) is 0 Å². The van der Waals surface area contributed by atoms with Crippen molar-refractivity contribution in [1.29, 1.82) is 0 Å². The van der Waals surface area contributed by atoms with E-state index in [-0.39, 0.29) is 48.1 Å². The van der Waals surface area contributed by atoms with Gasteiger partial charge in [0.05, 0.1) is 29.9 Å². The van der Waals surface area contributed by atoms with Crippen LogP contribution in [0.3, 0.4) is 0 Å². The second-order valence-electron chi connectivity index (χ2n) is 6.81. The first kappa shape index (κ1) is 26.5. The smallest absolute Gasteiger partial charge is 0.306 e. The van der Waals surface area contributed by atoms with Gasteiger partial charge in [-0.3, -0.25) is 19.8 Å². The van der Waals surface area contributed by atoms with Crippen molar-refractivity contribution >= 4 is 45.6 Å². The molecule has 172 valence electrons. The molecule has 0 aromatic carbocycles. The summed E-state index contributed by atoms with van der Waals surface area (Å²) in [5.74, 6) is 0.639. The summed E-state index contributed by atoms with van der Waals surface area (Å²) in [6.45, 7) is 6.68. The molecule has 0 bridgehead atoms. The molecule has 2 heterocycles. The molecule has 0 unspecified atom stereocenters. The molecule has 2 rings (SSSR count). The van der Waals surface area contributed by atoms with Gasteiger partial charge in [0.25, 0.3) is 0 Å². The highest BCUT2D eigenvalue weighted by molar-refractivity contribution is 14.0. The van der Waals surface area contributed by atoms with Crippen LogP contribution in [-0.2, 0) is 21.3 Å². The number of nitro groups is 1. The number of aliphatic imine (C=N–C) groups is 1. The summed E-state index contributed by atoms with van der Waals surface area (Å²) in [5.41, 5.74) is -0.0505. The van der Waals surface area contributed by atoms with E-state index >= 15 is 0 Å². The van der Waals surface area contributed by atoms with Crippen LogP contribution in [0.4, 0.5) is 5.69 Å². The maximum atomic E-state index is 12.4. The Balaban J connectivity index is 0.00000450. The molecule has 0 spiro atoms. The fraction of sp³-hybridized carbons (Fsp3) is 0.750. The molecule has 1 fully saturated rings. The van der Waals surface area contributed by atoms with Crippen LogP contribution in [0.2, 0.25) is 0 Å². The largest absolute Gasteiger partial charge is 0.378 e. The van der Waals surface area contributed by atoms with Gasteiger partial charge in [0, 0.05) is 39.8 Å². The normalized spacial score (nSPS) is 15.9. The van der Waals surface area contributed by atoms with Crippen molar-refractivity contribution in [2.45, 2.75) is 26.5 Å². The van der Waals surface area contributed by atoms with Gasteiger partial charge in [-0.1, -0.05) is 0 Å². The third-order valence-electron chi connectivity index (χ3n) is 4.39. The monoisotopic (exact) mass is 559 g/mol. The number of hydrogen-bond donors (Lipinski definition) is 1. The summed E-state index contributed by atoms with van der Waals surface area (Å²) in [6, 6.07) is 0. The Bertz CT molecular complexity index is 807. The first-order chi connectivity index (χ1) is 13.7. The van der Waals surface area contributed by atoms with E-state index in [1.165, 1.54) is 21.4 Å². The number of sulfonamides is 1. The minimum atomic E-state index is -3.34. The Hall–Kier alpha value is -1.52. The minimum absolute atomic E-state index is 0. The maximum absolute atomic E-state index is 12.4. The number of piperazine rings is 1. The average Bonchev–Trinajstić information content (AvgIpc) is 3.14. The summed E-state index contributed by atoms with van der Waals surface area (Å²) >= 11 is 0. The second kappa shape index (κ2) is 12.4. The molecule has 14 heteroatoms. The highest BCUT2D eigenvalue weighted by Crippen LogP contribution is 2.09. The topological polar surface area (TPSA) is 135 Å². The van der Waals surface area contributed by atoms with Crippen LogP contribution in [0, 0.1) is 10.1 Å². The Morgan fingerprint density at radius 3 is 2.57 bits per heavy atom. The van der Waals surface area contributed by atoms with Gasteiger partial charge < -0.3 is 15.0 Å². The minimum Gasteiger partial charge on any atom is -0.378 e. The van der Waals surface area contributed by atoms with Gasteiger partial charge in [-0.05, 0) is 13.8 Å². The zero-order chi connectivity index (χ0) is 21.4. The fourth-order valence-electron chi connectivity index (χ4n) is 2.88. The second-order valence-corrected chi connectivity index (χ2v) is 8.90. The number of guanidine groups is 1. The lowest BCUT2D eigenvalue weighted by molar-refractivity contribution is -0.385. The van der Waals surface area contributed by atoms with Gasteiger partial charge >= 0.3 is 5.69 Å². The molecule has 0 saturated carbocycles. The first-order valence-electron chi connectivity index (χ1n) is 9.45. The fourth-order valence-corrected chi connectivity index (χ4v) is 4.16. The number of hydrogen-bond acceptors (Lipinski definition) is 7. The Morgan fingerprint density at radius 2 is 2.03 bits per heavy atom. The first-order valence-corrected chi connectivity index (χ1v) is 11.1. The summed E-state index contributed by atoms with van der Waals surface area (Å²) < 4.78 is 33.2. The van der Waals surface area contributed by atoms with E-state index in [9.17, 15) is 18.5 Å². The lowest BCUT2D eigenvalue weighted by Crippen LogP contribution is -2.54. The van der Waals surface area contributed by atoms with Crippen LogP contribution >= 0.6 is 24.0 Å². The Labute approximate surface area is 193 Å². The standard InChI is InChI=1S/C16H29N7O5S.HI/c1-14(2)28-10-11-29(26,27)22-8-6-20(7-9-22)16(17-3)18-4-5-21-13-15(12-19-21)23(24)25;/h12-14H,4-11H2,1-3H3,(H,17,18);1H. The van der Waals surface area contributed by atoms with Crippen LogP contribution in [0.15, 0.2) is 17.4 Å². The maximum Gasteiger partial charge on any atom is 0.306 e. The van der Waals surface area contributed by atoms with E-state index in [0.717, 1.165) is 0 Å². The van der Waals surface area contributed by atoms with Crippen molar-refractivity contribution in [2.24, 2.45) is 4.99 Å². The molecule has 0 atom stereocenters. The molecule has 1 aromatic heterocycles. The number of ether oxygens (including phenoxy) is 1. The number of aromatic nitrogens is 2. The third-order valence-corrected chi connectivity index (χ3v) is 6.22. The quantitative estimate of drug-likeness (QED) is 0.151. The summed E-state index contributed by atoms with van der Waals surface area (Å²) in [6.07, 6.45) is 2.59. The summed E-state index contributed by atoms with van der Waals surface area (Å²) in [4.78, 5) is 16.4. The predicted octanol–water partition coefficient (Wildman–Crippen LogP) is 0.357. The summed E-state index contributed by atoms with van der Waals surface area (Å²) in [7, 11) is -1.68. The molecular formula is C16H30IN7O5S. The number of halogens is 1. The van der Waals surface area contributed by atoms with Crippen LogP contribution < -0.4 is 5.32 Å². The molecule has 0 aliphatic carbocycles. The van der Waals surface area contributed by atoms with Gasteiger partial charge in [0.2, 0.25) is 10.0 Å². The van der Waals surface area contributed by atoms with Gasteiger partial charge in [0.1, 0.15) is 12.4 Å². The summed E-state index contributed by atoms with van der Waals surface area (Å²) in [5, 5.41) is 17.8. The highest BCUT2D eigenvalue weighted by atomic mass is 127. The van der Waals surface area contributed by atoms with E-state index in [4.69, 9.17) is 4.74 Å². The van der Waals surface area contributed by atoms with Crippen molar-refractivity contribution in [3.05, 3.63) is 22.5 Å². The lowest BCUT2D eigenvalue weighted by Gasteiger charge is -2.35. The average molecular weight is 559 g/mol. The van der Waals surface area contributed by atoms with Crippen LogP contribution in [0.5, 0.6) is 0 Å². The van der Waals surface area contributed by atoms with Crippen molar-refractivity contribution in [1.82, 2.24) is 24.3 Å². The molecule has 1 aliphatic heterocycles. The van der Waals surface area contributed by atoms with Crippen molar-refractivity contribution < 1.29 is 18.1 Å². The predicted molar refractivity (Wildman–Crippen MR) is 124 cm³/mol. The van der Waals surface area contributed by atoms with E-state index in [1.807, 2.05) is 18.7 Å². The van der Waals surface area contributed by atoms with Crippen molar-refractivity contribution in [2.75, 3.05) is 52.1 Å². The van der Waals surface area contributed by atoms with Crippen LogP contribution in [-0.4, -0.2) is 96.5 Å². The Morgan fingerprint density at radius 1 is 1.37 bits per heavy atom. The van der Waals surface area contributed by atoms with Crippen LogP contribution in [0.1, 0.15) is 13.8 Å². The van der Waals surface area contributed by atoms with Crippen LogP contribution in [0.25, 0.3) is 0 Å². The van der Waals surface area contributed by atoms with Gasteiger partial charge in [-0.15, -0.1) is 24.0 Å². The molecule has 12 nitrogen and oxygen atoms in total. The Kier molecular flexibility index (Phi) is 10.9. The molecule has 30 heavy (non-hydrogen) atoms. The molecule has 1 aromatic rings. The van der Waals surface area contributed by atoms with Crippen molar-refractivity contribution in [3.8, 4) is 0 Å². The SMILES string of the molecule is CN=C(NCCn1cc([N+](=O)[O-])cn1)N1CCN(S(=O)(=O)CCOC(C)C)CC1.I. The van der Waals surface area contributed by atoms with Gasteiger partial charge in [-0.25, -0.2) is 8.42 Å². The molecular weight excluding hydrogens is 529 g/mol. The third kappa shape index (κ3) is 7.96. The number of nitrogens with one attached hydrogen (secondary N) is 1. The van der Waals surface area contributed by atoms with Gasteiger partial charge in [-0.2, -0.15) is 9.40 Å². The lowest BCUT2D eigenvalue weighted by atomic mass is 10.4. The molecule has 1 saturated heterocycles. The van der Waals surface area contributed by atoms with E-state index in [2.05, 4.69) is 15.4 Å². The molecule has 0 amide bonds. The zero-order valence-corrected chi connectivity index (χ0v) is 20.6. The zero-order valence-electron chi connectivity index (χ0n) is 17.4.